The van der Waals surface area contributed by atoms with Gasteiger partial charge in [0.25, 0.3) is 10.0 Å². The van der Waals surface area contributed by atoms with Crippen LogP contribution in [0, 0.1) is 13.8 Å². The standard InChI is InChI=1S/C11H14N4O5S/c1-6-4-8(14-20-6)5-15(3)21(18,19)10-9(11(16)17)7(2)12-13-10/h4H,5H2,1-3H3,(H,12,13)(H,16,17). The second-order valence-corrected chi connectivity index (χ2v) is 6.48. The van der Waals surface area contributed by atoms with Crippen LogP contribution in [0.1, 0.15) is 27.5 Å². The van der Waals surface area contributed by atoms with Gasteiger partial charge < -0.3 is 9.63 Å². The minimum atomic E-state index is -4.05. The van der Waals surface area contributed by atoms with Gasteiger partial charge in [0.1, 0.15) is 11.3 Å². The second-order valence-electron chi connectivity index (χ2n) is 4.52. The summed E-state index contributed by atoms with van der Waals surface area (Å²) in [5.74, 6) is -0.803. The molecule has 114 valence electrons. The number of carbonyl (C=O) groups is 1. The molecule has 2 heterocycles. The zero-order valence-electron chi connectivity index (χ0n) is 11.6. The number of hydrogen-bond acceptors (Lipinski definition) is 6. The van der Waals surface area contributed by atoms with E-state index in [9.17, 15) is 13.2 Å². The smallest absolute Gasteiger partial charge is 0.340 e. The molecule has 0 saturated heterocycles. The Hall–Kier alpha value is -2.20. The van der Waals surface area contributed by atoms with Crippen molar-refractivity contribution in [3.63, 3.8) is 0 Å². The highest BCUT2D eigenvalue weighted by atomic mass is 32.2. The lowest BCUT2D eigenvalue weighted by molar-refractivity contribution is 0.0691. The van der Waals surface area contributed by atoms with E-state index in [4.69, 9.17) is 9.63 Å². The van der Waals surface area contributed by atoms with Crippen LogP contribution >= 0.6 is 0 Å². The number of aromatic carboxylic acids is 1. The number of nitrogens with one attached hydrogen (secondary N) is 1. The van der Waals surface area contributed by atoms with Gasteiger partial charge in [0, 0.05) is 18.8 Å². The quantitative estimate of drug-likeness (QED) is 0.823. The third kappa shape index (κ3) is 2.81. The van der Waals surface area contributed by atoms with Gasteiger partial charge in [-0.15, -0.1) is 0 Å². The van der Waals surface area contributed by atoms with Crippen molar-refractivity contribution in [1.82, 2.24) is 19.7 Å². The fourth-order valence-electron chi connectivity index (χ4n) is 1.80. The van der Waals surface area contributed by atoms with E-state index in [1.54, 1.807) is 13.0 Å². The van der Waals surface area contributed by atoms with E-state index in [2.05, 4.69) is 15.4 Å². The van der Waals surface area contributed by atoms with Gasteiger partial charge in [-0.3, -0.25) is 5.10 Å². The van der Waals surface area contributed by atoms with E-state index in [0.29, 0.717) is 11.5 Å². The van der Waals surface area contributed by atoms with Crippen LogP contribution in [0.3, 0.4) is 0 Å². The van der Waals surface area contributed by atoms with Gasteiger partial charge in [0.15, 0.2) is 0 Å². The van der Waals surface area contributed by atoms with Crippen LogP contribution in [0.4, 0.5) is 0 Å². The first-order valence-corrected chi connectivity index (χ1v) is 7.34. The minimum absolute atomic E-state index is 0.0510. The molecule has 2 aromatic heterocycles. The van der Waals surface area contributed by atoms with Crippen LogP contribution in [-0.4, -0.2) is 46.2 Å². The molecule has 0 aromatic carbocycles. The molecule has 2 aromatic rings. The number of sulfonamides is 1. The van der Waals surface area contributed by atoms with Crippen molar-refractivity contribution in [1.29, 1.82) is 0 Å². The molecule has 0 spiro atoms. The molecule has 0 aliphatic carbocycles. The molecule has 0 atom stereocenters. The summed E-state index contributed by atoms with van der Waals surface area (Å²) in [5, 5.41) is 18.3. The van der Waals surface area contributed by atoms with Gasteiger partial charge >= 0.3 is 5.97 Å². The normalized spacial score (nSPS) is 12.0. The molecule has 0 aliphatic heterocycles. The molecule has 10 heteroatoms. The molecule has 0 fully saturated rings. The summed E-state index contributed by atoms with van der Waals surface area (Å²) in [4.78, 5) is 11.2. The maximum Gasteiger partial charge on any atom is 0.340 e. The number of carboxylic acid groups (broad SMARTS) is 1. The van der Waals surface area contributed by atoms with Crippen LogP contribution in [0.25, 0.3) is 0 Å². The average Bonchev–Trinajstić information content (AvgIpc) is 2.95. The predicted molar refractivity (Wildman–Crippen MR) is 70.2 cm³/mol. The molecule has 9 nitrogen and oxygen atoms in total. The van der Waals surface area contributed by atoms with Crippen molar-refractivity contribution in [3.05, 3.63) is 28.8 Å². The summed E-state index contributed by atoms with van der Waals surface area (Å²) in [6.45, 7) is 3.08. The Morgan fingerprint density at radius 1 is 1.48 bits per heavy atom. The third-order valence-electron chi connectivity index (χ3n) is 2.84. The van der Waals surface area contributed by atoms with E-state index in [1.165, 1.54) is 14.0 Å². The Kier molecular flexibility index (Phi) is 3.83. The number of H-pyrrole nitrogens is 1. The zero-order chi connectivity index (χ0) is 15.8. The molecular formula is C11H14N4O5S. The Bertz CT molecular complexity index is 776. The van der Waals surface area contributed by atoms with Gasteiger partial charge in [-0.25, -0.2) is 13.2 Å². The van der Waals surface area contributed by atoms with Gasteiger partial charge in [-0.2, -0.15) is 9.40 Å². The summed E-state index contributed by atoms with van der Waals surface area (Å²) < 4.78 is 30.6. The van der Waals surface area contributed by atoms with E-state index < -0.39 is 21.0 Å². The Balaban J connectivity index is 2.35. The number of rotatable bonds is 5. The number of aromatic amines is 1. The van der Waals surface area contributed by atoms with Crippen molar-refractivity contribution in [2.75, 3.05) is 7.05 Å². The fraction of sp³-hybridized carbons (Fsp3) is 0.364. The van der Waals surface area contributed by atoms with Crippen LogP contribution in [0.2, 0.25) is 0 Å². The lowest BCUT2D eigenvalue weighted by atomic mass is 10.3. The topological polar surface area (TPSA) is 129 Å². The van der Waals surface area contributed by atoms with Gasteiger partial charge in [0.2, 0.25) is 5.03 Å². The molecule has 0 unspecified atom stereocenters. The predicted octanol–water partition coefficient (Wildman–Crippen LogP) is 0.533. The molecule has 2 rings (SSSR count). The van der Waals surface area contributed by atoms with Crippen LogP contribution in [-0.2, 0) is 16.6 Å². The van der Waals surface area contributed by atoms with Crippen LogP contribution < -0.4 is 0 Å². The van der Waals surface area contributed by atoms with E-state index in [1.807, 2.05) is 0 Å². The number of aryl methyl sites for hydroxylation is 2. The SMILES string of the molecule is Cc1cc(CN(C)S(=O)(=O)c2n[nH]c(C)c2C(=O)O)no1. The van der Waals surface area contributed by atoms with E-state index in [-0.39, 0.29) is 17.8 Å². The number of aromatic nitrogens is 3. The molecule has 0 aliphatic rings. The molecule has 0 saturated carbocycles. The molecular weight excluding hydrogens is 300 g/mol. The summed E-state index contributed by atoms with van der Waals surface area (Å²) in [7, 11) is -2.74. The second kappa shape index (κ2) is 5.30. The molecule has 0 bridgehead atoms. The number of carboxylic acids is 1. The van der Waals surface area contributed by atoms with Crippen molar-refractivity contribution >= 4 is 16.0 Å². The minimum Gasteiger partial charge on any atom is -0.478 e. The highest BCUT2D eigenvalue weighted by Crippen LogP contribution is 2.21. The van der Waals surface area contributed by atoms with Gasteiger partial charge in [0.05, 0.1) is 12.2 Å². The average molecular weight is 314 g/mol. The highest BCUT2D eigenvalue weighted by molar-refractivity contribution is 7.89. The third-order valence-corrected chi connectivity index (χ3v) is 4.58. The van der Waals surface area contributed by atoms with Gasteiger partial charge in [-0.05, 0) is 13.8 Å². The summed E-state index contributed by atoms with van der Waals surface area (Å²) in [6.07, 6.45) is 0. The van der Waals surface area contributed by atoms with Crippen molar-refractivity contribution < 1.29 is 22.8 Å². The van der Waals surface area contributed by atoms with Gasteiger partial charge in [-0.1, -0.05) is 5.16 Å². The maximum absolute atomic E-state index is 12.4. The molecule has 0 radical (unpaired) electrons. The molecule has 21 heavy (non-hydrogen) atoms. The summed E-state index contributed by atoms with van der Waals surface area (Å²) in [5.41, 5.74) is 0.229. The fourth-order valence-corrected chi connectivity index (χ4v) is 3.06. The first-order valence-electron chi connectivity index (χ1n) is 5.90. The Labute approximate surface area is 120 Å². The first kappa shape index (κ1) is 15.2. The zero-order valence-corrected chi connectivity index (χ0v) is 12.4. The molecule has 0 amide bonds. The Morgan fingerprint density at radius 3 is 2.67 bits per heavy atom. The maximum atomic E-state index is 12.4. The van der Waals surface area contributed by atoms with E-state index in [0.717, 1.165) is 4.31 Å². The summed E-state index contributed by atoms with van der Waals surface area (Å²) in [6, 6.07) is 1.60. The molecule has 2 N–H and O–H groups in total. The number of hydrogen-bond donors (Lipinski definition) is 2. The monoisotopic (exact) mass is 314 g/mol. The van der Waals surface area contributed by atoms with Crippen molar-refractivity contribution in [3.8, 4) is 0 Å². The highest BCUT2D eigenvalue weighted by Gasteiger charge is 2.31. The Morgan fingerprint density at radius 2 is 2.14 bits per heavy atom. The van der Waals surface area contributed by atoms with Crippen molar-refractivity contribution in [2.24, 2.45) is 0 Å². The van der Waals surface area contributed by atoms with Crippen LogP contribution in [0.15, 0.2) is 15.6 Å². The summed E-state index contributed by atoms with van der Waals surface area (Å²) >= 11 is 0. The van der Waals surface area contributed by atoms with Crippen molar-refractivity contribution in [2.45, 2.75) is 25.4 Å². The lowest BCUT2D eigenvalue weighted by Crippen LogP contribution is -2.28. The first-order chi connectivity index (χ1) is 9.73. The number of nitrogens with zero attached hydrogens (tertiary/aromatic N) is 3. The lowest BCUT2D eigenvalue weighted by Gasteiger charge is -2.14. The largest absolute Gasteiger partial charge is 0.478 e. The van der Waals surface area contributed by atoms with E-state index >= 15 is 0 Å². The van der Waals surface area contributed by atoms with Crippen LogP contribution in [0.5, 0.6) is 0 Å².